The van der Waals surface area contributed by atoms with Crippen LogP contribution in [0.1, 0.15) is 29.7 Å². The number of nitrogens with one attached hydrogen (secondary N) is 1. The predicted octanol–water partition coefficient (Wildman–Crippen LogP) is 3.98. The summed E-state index contributed by atoms with van der Waals surface area (Å²) in [5.41, 5.74) is 2.48. The van der Waals surface area contributed by atoms with Gasteiger partial charge in [-0.1, -0.05) is 19.1 Å². The standard InChI is InChI=1S/C17H19F2NO/c1-4-20-17(13-7-14(18)10-15(19)8-13)12-6-5-11(2)16(9-12)21-3/h5-10,17,20H,4H2,1-3H3. The first-order valence-corrected chi connectivity index (χ1v) is 6.89. The molecular weight excluding hydrogens is 272 g/mol. The fraction of sp³-hybridized carbons (Fsp3) is 0.294. The summed E-state index contributed by atoms with van der Waals surface area (Å²) >= 11 is 0. The van der Waals surface area contributed by atoms with Crippen molar-refractivity contribution in [3.63, 3.8) is 0 Å². The van der Waals surface area contributed by atoms with Crippen molar-refractivity contribution >= 4 is 0 Å². The molecule has 0 fully saturated rings. The van der Waals surface area contributed by atoms with E-state index in [4.69, 9.17) is 4.74 Å². The second-order valence-corrected chi connectivity index (χ2v) is 4.92. The molecule has 21 heavy (non-hydrogen) atoms. The van der Waals surface area contributed by atoms with Crippen LogP contribution in [-0.4, -0.2) is 13.7 Å². The molecule has 0 aliphatic carbocycles. The molecule has 0 saturated heterocycles. The van der Waals surface area contributed by atoms with Gasteiger partial charge in [0.2, 0.25) is 0 Å². The van der Waals surface area contributed by atoms with Gasteiger partial charge in [0.25, 0.3) is 0 Å². The van der Waals surface area contributed by atoms with Gasteiger partial charge in [-0.25, -0.2) is 8.78 Å². The van der Waals surface area contributed by atoms with Crippen molar-refractivity contribution < 1.29 is 13.5 Å². The number of aryl methyl sites for hydroxylation is 1. The van der Waals surface area contributed by atoms with Gasteiger partial charge in [-0.2, -0.15) is 0 Å². The average molecular weight is 291 g/mol. The molecule has 2 rings (SSSR count). The lowest BCUT2D eigenvalue weighted by atomic mass is 9.97. The van der Waals surface area contributed by atoms with E-state index in [1.54, 1.807) is 7.11 Å². The highest BCUT2D eigenvalue weighted by atomic mass is 19.1. The summed E-state index contributed by atoms with van der Waals surface area (Å²) in [4.78, 5) is 0. The Balaban J connectivity index is 2.47. The number of hydrogen-bond acceptors (Lipinski definition) is 2. The van der Waals surface area contributed by atoms with E-state index in [9.17, 15) is 8.78 Å². The van der Waals surface area contributed by atoms with Gasteiger partial charge in [-0.15, -0.1) is 0 Å². The zero-order chi connectivity index (χ0) is 15.4. The van der Waals surface area contributed by atoms with Crippen molar-refractivity contribution in [2.75, 3.05) is 13.7 Å². The van der Waals surface area contributed by atoms with Gasteiger partial charge >= 0.3 is 0 Å². The molecule has 2 nitrogen and oxygen atoms in total. The Morgan fingerprint density at radius 1 is 1.05 bits per heavy atom. The lowest BCUT2D eigenvalue weighted by Gasteiger charge is -2.20. The SMILES string of the molecule is CCNC(c1cc(F)cc(F)c1)c1ccc(C)c(OC)c1. The largest absolute Gasteiger partial charge is 0.496 e. The van der Waals surface area contributed by atoms with Crippen LogP contribution in [0, 0.1) is 18.6 Å². The summed E-state index contributed by atoms with van der Waals surface area (Å²) in [7, 11) is 1.61. The Morgan fingerprint density at radius 3 is 2.29 bits per heavy atom. The van der Waals surface area contributed by atoms with Crippen LogP contribution in [0.2, 0.25) is 0 Å². The maximum atomic E-state index is 13.5. The number of hydrogen-bond donors (Lipinski definition) is 1. The molecule has 0 aliphatic rings. The Hall–Kier alpha value is -1.94. The highest BCUT2D eigenvalue weighted by molar-refractivity contribution is 5.41. The quantitative estimate of drug-likeness (QED) is 0.899. The number of methoxy groups -OCH3 is 1. The van der Waals surface area contributed by atoms with Gasteiger partial charge in [0.15, 0.2) is 0 Å². The molecular formula is C17H19F2NO. The Bertz CT molecular complexity index is 608. The number of rotatable bonds is 5. The van der Waals surface area contributed by atoms with E-state index in [1.165, 1.54) is 12.1 Å². The van der Waals surface area contributed by atoms with E-state index in [0.717, 1.165) is 22.9 Å². The van der Waals surface area contributed by atoms with Crippen molar-refractivity contribution in [2.45, 2.75) is 19.9 Å². The van der Waals surface area contributed by atoms with E-state index in [0.29, 0.717) is 12.1 Å². The first kappa shape index (κ1) is 15.4. The maximum Gasteiger partial charge on any atom is 0.126 e. The van der Waals surface area contributed by atoms with Crippen molar-refractivity contribution in [1.29, 1.82) is 0 Å². The molecule has 0 bridgehead atoms. The first-order chi connectivity index (χ1) is 10.0. The smallest absolute Gasteiger partial charge is 0.126 e. The van der Waals surface area contributed by atoms with Gasteiger partial charge in [-0.05, 0) is 48.4 Å². The molecule has 2 aromatic rings. The lowest BCUT2D eigenvalue weighted by molar-refractivity contribution is 0.410. The van der Waals surface area contributed by atoms with Crippen molar-refractivity contribution in [2.24, 2.45) is 0 Å². The summed E-state index contributed by atoms with van der Waals surface area (Å²) in [6, 6.07) is 9.07. The summed E-state index contributed by atoms with van der Waals surface area (Å²) in [6.07, 6.45) is 0. The maximum absolute atomic E-state index is 13.5. The minimum atomic E-state index is -0.577. The second-order valence-electron chi connectivity index (χ2n) is 4.92. The molecule has 0 saturated carbocycles. The third-order valence-corrected chi connectivity index (χ3v) is 3.39. The molecule has 0 radical (unpaired) electrons. The number of halogens is 2. The van der Waals surface area contributed by atoms with Crippen LogP contribution in [0.3, 0.4) is 0 Å². The normalized spacial score (nSPS) is 12.2. The molecule has 0 aliphatic heterocycles. The number of ether oxygens (including phenoxy) is 1. The molecule has 112 valence electrons. The van der Waals surface area contributed by atoms with Crippen molar-refractivity contribution in [1.82, 2.24) is 5.32 Å². The Kier molecular flexibility index (Phi) is 4.91. The van der Waals surface area contributed by atoms with E-state index < -0.39 is 11.6 Å². The third kappa shape index (κ3) is 3.58. The predicted molar refractivity (Wildman–Crippen MR) is 79.6 cm³/mol. The molecule has 0 aromatic heterocycles. The Morgan fingerprint density at radius 2 is 1.71 bits per heavy atom. The second kappa shape index (κ2) is 6.68. The first-order valence-electron chi connectivity index (χ1n) is 6.89. The minimum absolute atomic E-state index is 0.283. The molecule has 0 heterocycles. The molecule has 4 heteroatoms. The summed E-state index contributed by atoms with van der Waals surface area (Å²) in [6.45, 7) is 4.58. The van der Waals surface area contributed by atoms with E-state index >= 15 is 0 Å². The van der Waals surface area contributed by atoms with E-state index in [2.05, 4.69) is 5.32 Å². The zero-order valence-corrected chi connectivity index (χ0v) is 12.4. The van der Waals surface area contributed by atoms with Crippen LogP contribution >= 0.6 is 0 Å². The summed E-state index contributed by atoms with van der Waals surface area (Å²) < 4.78 is 32.2. The van der Waals surface area contributed by atoms with Crippen molar-refractivity contribution in [3.05, 3.63) is 64.7 Å². The summed E-state index contributed by atoms with van der Waals surface area (Å²) in [5.74, 6) is -0.397. The van der Waals surface area contributed by atoms with Crippen LogP contribution in [0.15, 0.2) is 36.4 Å². The number of benzene rings is 2. The molecule has 1 N–H and O–H groups in total. The molecule has 0 spiro atoms. The lowest BCUT2D eigenvalue weighted by Crippen LogP contribution is -2.22. The van der Waals surface area contributed by atoms with E-state index in [-0.39, 0.29) is 6.04 Å². The molecule has 1 atom stereocenters. The molecule has 1 unspecified atom stereocenters. The summed E-state index contributed by atoms with van der Waals surface area (Å²) in [5, 5.41) is 3.25. The monoisotopic (exact) mass is 291 g/mol. The fourth-order valence-electron chi connectivity index (χ4n) is 2.39. The van der Waals surface area contributed by atoms with Crippen LogP contribution < -0.4 is 10.1 Å². The van der Waals surface area contributed by atoms with Gasteiger partial charge in [-0.3, -0.25) is 0 Å². The van der Waals surface area contributed by atoms with Crippen LogP contribution in [0.4, 0.5) is 8.78 Å². The molecule has 2 aromatic carbocycles. The van der Waals surface area contributed by atoms with Gasteiger partial charge < -0.3 is 10.1 Å². The van der Waals surface area contributed by atoms with Crippen molar-refractivity contribution in [3.8, 4) is 5.75 Å². The topological polar surface area (TPSA) is 21.3 Å². The van der Waals surface area contributed by atoms with Gasteiger partial charge in [0.05, 0.1) is 13.2 Å². The van der Waals surface area contributed by atoms with E-state index in [1.807, 2.05) is 32.0 Å². The zero-order valence-electron chi connectivity index (χ0n) is 12.4. The minimum Gasteiger partial charge on any atom is -0.496 e. The molecule has 0 amide bonds. The Labute approximate surface area is 123 Å². The van der Waals surface area contributed by atoms with Gasteiger partial charge in [0, 0.05) is 6.07 Å². The fourth-order valence-corrected chi connectivity index (χ4v) is 2.39. The highest BCUT2D eigenvalue weighted by Gasteiger charge is 2.16. The van der Waals surface area contributed by atoms with Gasteiger partial charge in [0.1, 0.15) is 17.4 Å². The highest BCUT2D eigenvalue weighted by Crippen LogP contribution is 2.28. The van der Waals surface area contributed by atoms with Crippen LogP contribution in [0.25, 0.3) is 0 Å². The van der Waals surface area contributed by atoms with Crippen LogP contribution in [-0.2, 0) is 0 Å². The third-order valence-electron chi connectivity index (χ3n) is 3.39. The van der Waals surface area contributed by atoms with Crippen LogP contribution in [0.5, 0.6) is 5.75 Å². The average Bonchev–Trinajstić information content (AvgIpc) is 2.44.